The Balaban J connectivity index is 2.70. The SMILES string of the molecule is CCC(C)CC(=O)C1CC(C)(C)OC1(C)C. The van der Waals surface area contributed by atoms with E-state index in [2.05, 4.69) is 27.7 Å². The van der Waals surface area contributed by atoms with Gasteiger partial charge in [-0.1, -0.05) is 20.3 Å². The molecule has 16 heavy (non-hydrogen) atoms. The number of ether oxygens (including phenoxy) is 1. The number of rotatable bonds is 4. The summed E-state index contributed by atoms with van der Waals surface area (Å²) < 4.78 is 5.96. The molecule has 0 saturated carbocycles. The van der Waals surface area contributed by atoms with E-state index >= 15 is 0 Å². The first kappa shape index (κ1) is 13.7. The van der Waals surface area contributed by atoms with Crippen molar-refractivity contribution in [3.63, 3.8) is 0 Å². The van der Waals surface area contributed by atoms with Crippen molar-refractivity contribution in [2.45, 2.75) is 72.0 Å². The Kier molecular flexibility index (Phi) is 3.83. The van der Waals surface area contributed by atoms with Gasteiger partial charge in [-0.25, -0.2) is 0 Å². The van der Waals surface area contributed by atoms with E-state index in [4.69, 9.17) is 4.74 Å². The van der Waals surface area contributed by atoms with Crippen LogP contribution >= 0.6 is 0 Å². The summed E-state index contributed by atoms with van der Waals surface area (Å²) in [5.74, 6) is 0.938. The molecule has 1 heterocycles. The molecule has 0 aliphatic carbocycles. The molecular weight excluding hydrogens is 200 g/mol. The first-order chi connectivity index (χ1) is 7.18. The van der Waals surface area contributed by atoms with Crippen LogP contribution in [0.25, 0.3) is 0 Å². The third-order valence-electron chi connectivity index (χ3n) is 3.71. The van der Waals surface area contributed by atoms with Gasteiger partial charge in [0.25, 0.3) is 0 Å². The van der Waals surface area contributed by atoms with Gasteiger partial charge in [-0.05, 0) is 40.0 Å². The van der Waals surface area contributed by atoms with Crippen LogP contribution in [0, 0.1) is 11.8 Å². The lowest BCUT2D eigenvalue weighted by Crippen LogP contribution is -2.34. The van der Waals surface area contributed by atoms with Crippen molar-refractivity contribution in [1.82, 2.24) is 0 Å². The van der Waals surface area contributed by atoms with E-state index < -0.39 is 0 Å². The maximum absolute atomic E-state index is 12.2. The third-order valence-corrected chi connectivity index (χ3v) is 3.71. The molecular formula is C14H26O2. The summed E-state index contributed by atoms with van der Waals surface area (Å²) >= 11 is 0. The van der Waals surface area contributed by atoms with Crippen LogP contribution in [0.2, 0.25) is 0 Å². The number of ketones is 1. The van der Waals surface area contributed by atoms with Crippen LogP contribution in [-0.2, 0) is 9.53 Å². The van der Waals surface area contributed by atoms with E-state index in [-0.39, 0.29) is 17.1 Å². The Morgan fingerprint density at radius 1 is 1.38 bits per heavy atom. The molecule has 0 aromatic heterocycles. The summed E-state index contributed by atoms with van der Waals surface area (Å²) in [7, 11) is 0. The van der Waals surface area contributed by atoms with Gasteiger partial charge in [0.2, 0.25) is 0 Å². The Labute approximate surface area is 99.8 Å². The Morgan fingerprint density at radius 2 is 1.94 bits per heavy atom. The van der Waals surface area contributed by atoms with Crippen LogP contribution < -0.4 is 0 Å². The van der Waals surface area contributed by atoms with Gasteiger partial charge in [-0.15, -0.1) is 0 Å². The molecule has 0 radical (unpaired) electrons. The molecule has 0 spiro atoms. The first-order valence-electron chi connectivity index (χ1n) is 6.41. The first-order valence-corrected chi connectivity index (χ1v) is 6.41. The maximum atomic E-state index is 12.2. The normalized spacial score (nSPS) is 29.0. The second-order valence-corrected chi connectivity index (χ2v) is 6.41. The number of carbonyl (C=O) groups excluding carboxylic acids is 1. The molecule has 0 amide bonds. The molecule has 1 aliphatic heterocycles. The zero-order chi connectivity index (χ0) is 12.6. The van der Waals surface area contributed by atoms with Gasteiger partial charge in [0.15, 0.2) is 0 Å². The van der Waals surface area contributed by atoms with Crippen LogP contribution in [0.1, 0.15) is 60.8 Å². The predicted octanol–water partition coefficient (Wildman–Crippen LogP) is 3.59. The average Bonchev–Trinajstić information content (AvgIpc) is 2.34. The van der Waals surface area contributed by atoms with Gasteiger partial charge in [-0.2, -0.15) is 0 Å². The lowest BCUT2D eigenvalue weighted by Gasteiger charge is -2.27. The maximum Gasteiger partial charge on any atom is 0.139 e. The lowest BCUT2D eigenvalue weighted by molar-refractivity contribution is -0.130. The topological polar surface area (TPSA) is 26.3 Å². The average molecular weight is 226 g/mol. The van der Waals surface area contributed by atoms with Gasteiger partial charge < -0.3 is 4.74 Å². The summed E-state index contributed by atoms with van der Waals surface area (Å²) in [5.41, 5.74) is -0.451. The van der Waals surface area contributed by atoms with Crippen molar-refractivity contribution in [3.8, 4) is 0 Å². The van der Waals surface area contributed by atoms with Gasteiger partial charge in [-0.3, -0.25) is 4.79 Å². The largest absolute Gasteiger partial charge is 0.369 e. The molecule has 1 saturated heterocycles. The standard InChI is InChI=1S/C14H26O2/c1-7-10(2)8-12(15)11-9-13(3,4)16-14(11,5)6/h10-11H,7-9H2,1-6H3. The monoisotopic (exact) mass is 226 g/mol. The fourth-order valence-corrected chi connectivity index (χ4v) is 2.69. The van der Waals surface area contributed by atoms with Gasteiger partial charge >= 0.3 is 0 Å². The van der Waals surface area contributed by atoms with E-state index in [1.54, 1.807) is 0 Å². The summed E-state index contributed by atoms with van der Waals surface area (Å²) in [6.07, 6.45) is 2.63. The van der Waals surface area contributed by atoms with E-state index in [1.807, 2.05) is 13.8 Å². The molecule has 2 unspecified atom stereocenters. The Hall–Kier alpha value is -0.370. The minimum atomic E-state index is -0.298. The highest BCUT2D eigenvalue weighted by Crippen LogP contribution is 2.43. The number of Topliss-reactive ketones (excluding diaryl/α,β-unsaturated/α-hetero) is 1. The molecule has 2 nitrogen and oxygen atoms in total. The highest BCUT2D eigenvalue weighted by molar-refractivity contribution is 5.82. The summed E-state index contributed by atoms with van der Waals surface area (Å²) in [4.78, 5) is 12.2. The zero-order valence-electron chi connectivity index (χ0n) is 11.6. The summed E-state index contributed by atoms with van der Waals surface area (Å²) in [6.45, 7) is 12.5. The molecule has 1 rings (SSSR count). The van der Waals surface area contributed by atoms with Gasteiger partial charge in [0, 0.05) is 12.3 Å². The molecule has 0 bridgehead atoms. The Morgan fingerprint density at radius 3 is 2.31 bits per heavy atom. The van der Waals surface area contributed by atoms with Crippen LogP contribution in [-0.4, -0.2) is 17.0 Å². The van der Waals surface area contributed by atoms with Gasteiger partial charge in [0.05, 0.1) is 11.2 Å². The van der Waals surface area contributed by atoms with Crippen molar-refractivity contribution in [2.24, 2.45) is 11.8 Å². The van der Waals surface area contributed by atoms with E-state index in [9.17, 15) is 4.79 Å². The molecule has 0 aromatic rings. The van der Waals surface area contributed by atoms with Gasteiger partial charge in [0.1, 0.15) is 5.78 Å². The number of carbonyl (C=O) groups is 1. The van der Waals surface area contributed by atoms with Crippen molar-refractivity contribution >= 4 is 5.78 Å². The van der Waals surface area contributed by atoms with E-state index in [1.165, 1.54) is 0 Å². The quantitative estimate of drug-likeness (QED) is 0.732. The Bertz CT molecular complexity index is 266. The summed E-state index contributed by atoms with van der Waals surface area (Å²) in [5, 5.41) is 0. The third kappa shape index (κ3) is 3.07. The van der Waals surface area contributed by atoms with Crippen LogP contribution in [0.4, 0.5) is 0 Å². The molecule has 94 valence electrons. The fourth-order valence-electron chi connectivity index (χ4n) is 2.69. The predicted molar refractivity (Wildman–Crippen MR) is 66.4 cm³/mol. The molecule has 1 aliphatic rings. The molecule has 0 N–H and O–H groups in total. The second-order valence-electron chi connectivity index (χ2n) is 6.41. The van der Waals surface area contributed by atoms with Crippen molar-refractivity contribution in [2.75, 3.05) is 0 Å². The molecule has 1 fully saturated rings. The second kappa shape index (κ2) is 4.48. The molecule has 0 aromatic carbocycles. The highest BCUT2D eigenvalue weighted by atomic mass is 16.5. The van der Waals surface area contributed by atoms with Crippen molar-refractivity contribution < 1.29 is 9.53 Å². The van der Waals surface area contributed by atoms with Crippen LogP contribution in [0.5, 0.6) is 0 Å². The van der Waals surface area contributed by atoms with Crippen LogP contribution in [0.15, 0.2) is 0 Å². The summed E-state index contributed by atoms with van der Waals surface area (Å²) in [6, 6.07) is 0. The zero-order valence-corrected chi connectivity index (χ0v) is 11.6. The minimum absolute atomic E-state index is 0.0662. The minimum Gasteiger partial charge on any atom is -0.369 e. The smallest absolute Gasteiger partial charge is 0.139 e. The number of hydrogen-bond acceptors (Lipinski definition) is 2. The van der Waals surface area contributed by atoms with E-state index in [0.29, 0.717) is 18.1 Å². The highest BCUT2D eigenvalue weighted by Gasteiger charge is 2.48. The van der Waals surface area contributed by atoms with Crippen molar-refractivity contribution in [1.29, 1.82) is 0 Å². The molecule has 2 heteroatoms. The van der Waals surface area contributed by atoms with Crippen LogP contribution in [0.3, 0.4) is 0 Å². The fraction of sp³-hybridized carbons (Fsp3) is 0.929. The van der Waals surface area contributed by atoms with E-state index in [0.717, 1.165) is 12.8 Å². The lowest BCUT2D eigenvalue weighted by atomic mass is 9.81. The molecule has 2 atom stereocenters. The number of hydrogen-bond donors (Lipinski definition) is 0. The van der Waals surface area contributed by atoms with Crippen molar-refractivity contribution in [3.05, 3.63) is 0 Å².